The maximum absolute atomic E-state index is 13.8. The summed E-state index contributed by atoms with van der Waals surface area (Å²) in [5, 5.41) is -0.733. The molecule has 198 valence electrons. The minimum absolute atomic E-state index is 0.153. The molecule has 2 aliphatic heterocycles. The number of esters is 1. The lowest BCUT2D eigenvalue weighted by Gasteiger charge is -2.30. The van der Waals surface area contributed by atoms with Crippen LogP contribution in [0.15, 0.2) is 58.4 Å². The van der Waals surface area contributed by atoms with Gasteiger partial charge in [0.25, 0.3) is 0 Å². The summed E-state index contributed by atoms with van der Waals surface area (Å²) >= 11 is 1.80. The first-order chi connectivity index (χ1) is 18.1. The summed E-state index contributed by atoms with van der Waals surface area (Å²) in [5.41, 5.74) is -1.24. The van der Waals surface area contributed by atoms with Gasteiger partial charge in [0.15, 0.2) is 6.61 Å². The molecule has 5 rings (SSSR count). The van der Waals surface area contributed by atoms with Crippen molar-refractivity contribution in [2.75, 3.05) is 18.1 Å². The maximum Gasteiger partial charge on any atom is 0.418 e. The highest BCUT2D eigenvalue weighted by Crippen LogP contribution is 2.55. The third-order valence-corrected chi connectivity index (χ3v) is 8.58. The Hall–Kier alpha value is -3.58. The van der Waals surface area contributed by atoms with Crippen molar-refractivity contribution in [2.24, 2.45) is 5.92 Å². The zero-order valence-electron chi connectivity index (χ0n) is 19.6. The van der Waals surface area contributed by atoms with Crippen molar-refractivity contribution in [1.29, 1.82) is 0 Å². The number of H-pyrrole nitrogens is 1. The van der Waals surface area contributed by atoms with E-state index in [-0.39, 0.29) is 12.4 Å². The zero-order valence-corrected chi connectivity index (χ0v) is 21.2. The van der Waals surface area contributed by atoms with E-state index in [1.807, 2.05) is 0 Å². The van der Waals surface area contributed by atoms with Crippen molar-refractivity contribution in [1.82, 2.24) is 4.98 Å². The Morgan fingerprint density at radius 1 is 1.05 bits per heavy atom. The number of rotatable bonds is 6. The molecule has 3 heterocycles. The Morgan fingerprint density at radius 2 is 1.76 bits per heavy atom. The van der Waals surface area contributed by atoms with Gasteiger partial charge >= 0.3 is 17.0 Å². The number of carbonyl (C=O) groups excluding carboxylic acids is 3. The van der Waals surface area contributed by atoms with Gasteiger partial charge in [-0.3, -0.25) is 14.4 Å². The molecule has 2 amide bonds. The van der Waals surface area contributed by atoms with E-state index in [1.165, 1.54) is 12.1 Å². The van der Waals surface area contributed by atoms with Crippen LogP contribution in [-0.4, -0.2) is 41.2 Å². The van der Waals surface area contributed by atoms with Crippen molar-refractivity contribution < 1.29 is 37.0 Å². The lowest BCUT2D eigenvalue weighted by Crippen LogP contribution is -2.33. The molecule has 8 nitrogen and oxygen atoms in total. The van der Waals surface area contributed by atoms with Crippen LogP contribution >= 0.6 is 23.1 Å². The first-order valence-corrected chi connectivity index (χ1v) is 13.1. The number of alkyl halides is 3. The number of ether oxygens (including phenoxy) is 2. The second-order valence-corrected chi connectivity index (χ2v) is 10.6. The summed E-state index contributed by atoms with van der Waals surface area (Å²) < 4.78 is 52.0. The summed E-state index contributed by atoms with van der Waals surface area (Å²) in [7, 11) is 0. The van der Waals surface area contributed by atoms with Crippen LogP contribution in [0.5, 0.6) is 5.75 Å². The van der Waals surface area contributed by atoms with Crippen molar-refractivity contribution in [3.05, 3.63) is 74.2 Å². The van der Waals surface area contributed by atoms with Crippen molar-refractivity contribution in [3.8, 4) is 5.75 Å². The fourth-order valence-corrected chi connectivity index (χ4v) is 7.21. The number of thioether (sulfide) groups is 1. The fraction of sp³-hybridized carbons (Fsp3) is 0.280. The topological polar surface area (TPSA) is 106 Å². The predicted molar refractivity (Wildman–Crippen MR) is 132 cm³/mol. The summed E-state index contributed by atoms with van der Waals surface area (Å²) in [6.07, 6.45) is -4.80. The number of benzene rings is 2. The van der Waals surface area contributed by atoms with Gasteiger partial charge in [-0.15, -0.1) is 0 Å². The van der Waals surface area contributed by atoms with Gasteiger partial charge in [-0.2, -0.15) is 13.2 Å². The number of aromatic nitrogens is 1. The summed E-state index contributed by atoms with van der Waals surface area (Å²) in [6.45, 7) is 1.38. The fourth-order valence-electron chi connectivity index (χ4n) is 4.71. The van der Waals surface area contributed by atoms with E-state index in [9.17, 15) is 32.3 Å². The average Bonchev–Trinajstić information content (AvgIpc) is 3.37. The molecule has 2 aromatic carbocycles. The molecule has 1 saturated heterocycles. The number of imide groups is 1. The quantitative estimate of drug-likeness (QED) is 0.354. The Kier molecular flexibility index (Phi) is 6.82. The number of fused-ring (bicyclic) bond motifs is 2. The molecule has 0 bridgehead atoms. The Labute approximate surface area is 221 Å². The summed E-state index contributed by atoms with van der Waals surface area (Å²) in [4.78, 5) is 54.8. The van der Waals surface area contributed by atoms with Gasteiger partial charge in [0.2, 0.25) is 11.8 Å². The lowest BCUT2D eigenvalue weighted by atomic mass is 9.82. The predicted octanol–water partition coefficient (Wildman–Crippen LogP) is 4.19. The van der Waals surface area contributed by atoms with Crippen molar-refractivity contribution in [2.45, 2.75) is 29.3 Å². The van der Waals surface area contributed by atoms with Crippen LogP contribution in [0.1, 0.15) is 28.8 Å². The first-order valence-electron chi connectivity index (χ1n) is 11.4. The SMILES string of the molecule is CCOC(=O)COc1ccccc1[C@@H]1c2sc(=O)[nH]c2S[C@H]2C(=O)N(c3ccccc3C(F)(F)F)C(=O)[C@@H]12. The standard InChI is InChI=1S/C25H19F3N2O6S2/c1-2-35-16(31)11-36-15-10-6-3-7-12(15)17-18-20(37-21-19(17)38-24(34)29-21)23(33)30(22(18)32)14-9-5-4-8-13(14)25(26,27)28/h3-10,17-18,20H,2,11H2,1H3,(H,29,34)/t17-,18-,20+/m0/s1. The number of thiazole rings is 1. The van der Waals surface area contributed by atoms with Crippen molar-refractivity contribution >= 4 is 46.6 Å². The Balaban J connectivity index is 1.61. The highest BCUT2D eigenvalue weighted by atomic mass is 32.2. The number of nitrogens with zero attached hydrogens (tertiary/aromatic N) is 1. The van der Waals surface area contributed by atoms with Crippen LogP contribution in [0.2, 0.25) is 0 Å². The minimum Gasteiger partial charge on any atom is -0.482 e. The van der Waals surface area contributed by atoms with Gasteiger partial charge in [-0.25, -0.2) is 9.69 Å². The van der Waals surface area contributed by atoms with Gasteiger partial charge in [-0.1, -0.05) is 53.4 Å². The van der Waals surface area contributed by atoms with E-state index in [0.29, 0.717) is 20.4 Å². The smallest absolute Gasteiger partial charge is 0.418 e. The van der Waals surface area contributed by atoms with E-state index >= 15 is 0 Å². The molecule has 1 N–H and O–H groups in total. The van der Waals surface area contributed by atoms with E-state index in [1.54, 1.807) is 31.2 Å². The number of para-hydroxylation sites is 2. The van der Waals surface area contributed by atoms with E-state index in [2.05, 4.69) is 4.98 Å². The molecule has 3 aromatic rings. The maximum atomic E-state index is 13.8. The Bertz CT molecular complexity index is 1480. The van der Waals surface area contributed by atoms with Crippen molar-refractivity contribution in [3.63, 3.8) is 0 Å². The lowest BCUT2D eigenvalue weighted by molar-refractivity contribution is -0.145. The van der Waals surface area contributed by atoms with Gasteiger partial charge < -0.3 is 14.5 Å². The number of hydrogen-bond donors (Lipinski definition) is 1. The summed E-state index contributed by atoms with van der Waals surface area (Å²) in [6, 6.07) is 10.9. The third kappa shape index (κ3) is 4.49. The average molecular weight is 565 g/mol. The highest BCUT2D eigenvalue weighted by Gasteiger charge is 2.57. The number of hydrogen-bond acceptors (Lipinski definition) is 8. The van der Waals surface area contributed by atoms with Gasteiger partial charge in [-0.05, 0) is 25.1 Å². The zero-order chi connectivity index (χ0) is 27.2. The first kappa shape index (κ1) is 26.0. The number of nitrogens with one attached hydrogen (secondary N) is 1. The largest absolute Gasteiger partial charge is 0.482 e. The van der Waals surface area contributed by atoms with Crippen LogP contribution in [0.3, 0.4) is 0 Å². The van der Waals surface area contributed by atoms with Crippen LogP contribution in [0, 0.1) is 5.92 Å². The monoisotopic (exact) mass is 564 g/mol. The molecule has 0 spiro atoms. The number of halogens is 3. The molecule has 0 radical (unpaired) electrons. The number of aromatic amines is 1. The molecule has 38 heavy (non-hydrogen) atoms. The molecular weight excluding hydrogens is 545 g/mol. The molecule has 0 unspecified atom stereocenters. The molecule has 1 aromatic heterocycles. The van der Waals surface area contributed by atoms with Crippen LogP contribution in [0.25, 0.3) is 0 Å². The van der Waals surface area contributed by atoms with E-state index < -0.39 is 63.8 Å². The number of carbonyl (C=O) groups is 3. The normalized spacial score (nSPS) is 20.7. The molecule has 0 saturated carbocycles. The van der Waals surface area contributed by atoms with Gasteiger partial charge in [0.1, 0.15) is 11.0 Å². The Morgan fingerprint density at radius 3 is 2.50 bits per heavy atom. The van der Waals surface area contributed by atoms with Gasteiger partial charge in [0.05, 0.1) is 28.8 Å². The molecule has 13 heteroatoms. The molecule has 1 fully saturated rings. The van der Waals surface area contributed by atoms with Crippen LogP contribution < -0.4 is 14.5 Å². The molecular formula is C25H19F3N2O6S2. The second-order valence-electron chi connectivity index (χ2n) is 8.41. The highest BCUT2D eigenvalue weighted by molar-refractivity contribution is 8.00. The second kappa shape index (κ2) is 9.95. The van der Waals surface area contributed by atoms with E-state index in [0.717, 1.165) is 35.2 Å². The summed E-state index contributed by atoms with van der Waals surface area (Å²) in [5.74, 6) is -4.04. The number of anilines is 1. The van der Waals surface area contributed by atoms with Crippen LogP contribution in [0.4, 0.5) is 18.9 Å². The third-order valence-electron chi connectivity index (χ3n) is 6.18. The van der Waals surface area contributed by atoms with Crippen LogP contribution in [-0.2, 0) is 25.3 Å². The van der Waals surface area contributed by atoms with Gasteiger partial charge in [0, 0.05) is 16.4 Å². The molecule has 2 aliphatic rings. The van der Waals surface area contributed by atoms with E-state index in [4.69, 9.17) is 9.47 Å². The molecule has 0 aliphatic carbocycles. The molecule has 3 atom stereocenters. The minimum atomic E-state index is -4.80. The number of amides is 2.